The molecule has 2 rings (SSSR count). The van der Waals surface area contributed by atoms with Crippen LogP contribution >= 0.6 is 0 Å². The van der Waals surface area contributed by atoms with Gasteiger partial charge in [-0.05, 0) is 32.9 Å². The lowest BCUT2D eigenvalue weighted by Crippen LogP contribution is -2.35. The third-order valence-corrected chi connectivity index (χ3v) is 4.09. The minimum Gasteiger partial charge on any atom is -0.478 e. The fourth-order valence-corrected chi connectivity index (χ4v) is 2.84. The maximum atomic E-state index is 10.9. The van der Waals surface area contributed by atoms with E-state index in [1.807, 2.05) is 0 Å². The molecule has 112 valence electrons. The van der Waals surface area contributed by atoms with Crippen molar-refractivity contribution in [3.63, 3.8) is 0 Å². The molecule has 0 bridgehead atoms. The zero-order chi connectivity index (χ0) is 14.5. The van der Waals surface area contributed by atoms with Gasteiger partial charge >= 0.3 is 5.97 Å². The third-order valence-electron chi connectivity index (χ3n) is 4.09. The Balaban J connectivity index is 1.70. The Labute approximate surface area is 119 Å². The second-order valence-electron chi connectivity index (χ2n) is 5.58. The van der Waals surface area contributed by atoms with Crippen LogP contribution in [0.15, 0.2) is 10.5 Å². The summed E-state index contributed by atoms with van der Waals surface area (Å²) >= 11 is 0. The number of nitrogens with one attached hydrogen (secondary N) is 1. The SMILES string of the molecule is Cc1oc(CNCCN(C)C2CCCC2)cc1C(=O)O. The Hall–Kier alpha value is -1.33. The van der Waals surface area contributed by atoms with Gasteiger partial charge in [-0.15, -0.1) is 0 Å². The van der Waals surface area contributed by atoms with Gasteiger partial charge in [0.15, 0.2) is 0 Å². The molecule has 1 heterocycles. The number of carboxylic acids is 1. The van der Waals surface area contributed by atoms with Gasteiger partial charge in [0, 0.05) is 19.1 Å². The maximum absolute atomic E-state index is 10.9. The number of hydrogen-bond acceptors (Lipinski definition) is 4. The summed E-state index contributed by atoms with van der Waals surface area (Å²) in [5, 5.41) is 12.3. The van der Waals surface area contributed by atoms with Crippen LogP contribution in [-0.2, 0) is 6.54 Å². The van der Waals surface area contributed by atoms with Gasteiger partial charge in [0.2, 0.25) is 0 Å². The van der Waals surface area contributed by atoms with Crippen molar-refractivity contribution >= 4 is 5.97 Å². The van der Waals surface area contributed by atoms with E-state index in [2.05, 4.69) is 17.3 Å². The van der Waals surface area contributed by atoms with E-state index in [4.69, 9.17) is 9.52 Å². The van der Waals surface area contributed by atoms with Crippen LogP contribution in [0.4, 0.5) is 0 Å². The van der Waals surface area contributed by atoms with E-state index in [1.165, 1.54) is 25.7 Å². The van der Waals surface area contributed by atoms with Crippen molar-refractivity contribution in [3.8, 4) is 0 Å². The van der Waals surface area contributed by atoms with Crippen molar-refractivity contribution in [3.05, 3.63) is 23.2 Å². The van der Waals surface area contributed by atoms with Gasteiger partial charge in [-0.25, -0.2) is 4.79 Å². The first-order chi connectivity index (χ1) is 9.58. The minimum atomic E-state index is -0.932. The van der Waals surface area contributed by atoms with Gasteiger partial charge in [-0.2, -0.15) is 0 Å². The Morgan fingerprint density at radius 1 is 1.50 bits per heavy atom. The number of carboxylic acid groups (broad SMARTS) is 1. The predicted molar refractivity (Wildman–Crippen MR) is 77.0 cm³/mol. The largest absolute Gasteiger partial charge is 0.478 e. The molecule has 1 aliphatic rings. The van der Waals surface area contributed by atoms with Gasteiger partial charge in [-0.3, -0.25) is 0 Å². The molecule has 1 aromatic rings. The van der Waals surface area contributed by atoms with E-state index in [0.717, 1.165) is 19.1 Å². The number of furan rings is 1. The Morgan fingerprint density at radius 3 is 2.80 bits per heavy atom. The topological polar surface area (TPSA) is 65.7 Å². The van der Waals surface area contributed by atoms with Gasteiger partial charge in [-0.1, -0.05) is 12.8 Å². The molecule has 0 radical (unpaired) electrons. The Bertz CT molecular complexity index is 450. The van der Waals surface area contributed by atoms with Crippen molar-refractivity contribution in [2.45, 2.75) is 45.2 Å². The monoisotopic (exact) mass is 280 g/mol. The predicted octanol–water partition coefficient (Wildman–Crippen LogP) is 2.25. The molecular formula is C15H24N2O3. The molecule has 1 aliphatic carbocycles. The second kappa shape index (κ2) is 6.90. The van der Waals surface area contributed by atoms with Crippen molar-refractivity contribution in [2.75, 3.05) is 20.1 Å². The smallest absolute Gasteiger partial charge is 0.339 e. The fourth-order valence-electron chi connectivity index (χ4n) is 2.84. The van der Waals surface area contributed by atoms with Crippen LogP contribution in [0.5, 0.6) is 0 Å². The zero-order valence-corrected chi connectivity index (χ0v) is 12.3. The molecule has 2 N–H and O–H groups in total. The van der Waals surface area contributed by atoms with Gasteiger partial charge in [0.25, 0.3) is 0 Å². The van der Waals surface area contributed by atoms with Crippen molar-refractivity contribution < 1.29 is 14.3 Å². The van der Waals surface area contributed by atoms with E-state index in [9.17, 15) is 4.79 Å². The number of likely N-dealkylation sites (N-methyl/N-ethyl adjacent to an activating group) is 1. The minimum absolute atomic E-state index is 0.255. The molecule has 0 spiro atoms. The molecule has 1 saturated carbocycles. The molecular weight excluding hydrogens is 256 g/mol. The van der Waals surface area contributed by atoms with Crippen LogP contribution in [0.25, 0.3) is 0 Å². The summed E-state index contributed by atoms with van der Waals surface area (Å²) in [4.78, 5) is 13.3. The number of aryl methyl sites for hydroxylation is 1. The van der Waals surface area contributed by atoms with Crippen LogP contribution < -0.4 is 5.32 Å². The molecule has 0 unspecified atom stereocenters. The number of nitrogens with zero attached hydrogens (tertiary/aromatic N) is 1. The highest BCUT2D eigenvalue weighted by Crippen LogP contribution is 2.21. The van der Waals surface area contributed by atoms with Crippen LogP contribution in [0.3, 0.4) is 0 Å². The van der Waals surface area contributed by atoms with Crippen LogP contribution in [0.2, 0.25) is 0 Å². The molecule has 0 amide bonds. The summed E-state index contributed by atoms with van der Waals surface area (Å²) in [5.74, 6) is 0.222. The fraction of sp³-hybridized carbons (Fsp3) is 0.667. The standard InChI is InChI=1S/C15H24N2O3/c1-11-14(15(18)19)9-13(20-11)10-16-7-8-17(2)12-5-3-4-6-12/h9,12,16H,3-8,10H2,1-2H3,(H,18,19). The average Bonchev–Trinajstić information content (AvgIpc) is 3.03. The summed E-state index contributed by atoms with van der Waals surface area (Å²) in [6.45, 7) is 4.15. The van der Waals surface area contributed by atoms with Crippen LogP contribution in [-0.4, -0.2) is 42.2 Å². The average molecular weight is 280 g/mol. The summed E-state index contributed by atoms with van der Waals surface area (Å²) in [6.07, 6.45) is 5.34. The quantitative estimate of drug-likeness (QED) is 0.750. The lowest BCUT2D eigenvalue weighted by atomic mass is 10.2. The van der Waals surface area contributed by atoms with Crippen LogP contribution in [0, 0.1) is 6.92 Å². The van der Waals surface area contributed by atoms with E-state index >= 15 is 0 Å². The van der Waals surface area contributed by atoms with Gasteiger partial charge in [0.1, 0.15) is 17.1 Å². The molecule has 0 saturated heterocycles. The third kappa shape index (κ3) is 3.84. The second-order valence-corrected chi connectivity index (χ2v) is 5.58. The highest BCUT2D eigenvalue weighted by molar-refractivity contribution is 5.88. The molecule has 0 aliphatic heterocycles. The first-order valence-electron chi connectivity index (χ1n) is 7.31. The molecule has 5 heteroatoms. The molecule has 0 aromatic carbocycles. The number of aromatic carboxylic acids is 1. The normalized spacial score (nSPS) is 16.1. The van der Waals surface area contributed by atoms with Crippen molar-refractivity contribution in [1.82, 2.24) is 10.2 Å². The van der Waals surface area contributed by atoms with Crippen molar-refractivity contribution in [1.29, 1.82) is 0 Å². The van der Waals surface area contributed by atoms with Gasteiger partial charge < -0.3 is 19.7 Å². The molecule has 20 heavy (non-hydrogen) atoms. The highest BCUT2D eigenvalue weighted by Gasteiger charge is 2.18. The molecule has 5 nitrogen and oxygen atoms in total. The molecule has 1 fully saturated rings. The highest BCUT2D eigenvalue weighted by atomic mass is 16.4. The number of rotatable bonds is 7. The summed E-state index contributed by atoms with van der Waals surface area (Å²) in [5.41, 5.74) is 0.255. The first kappa shape index (κ1) is 15.1. The zero-order valence-electron chi connectivity index (χ0n) is 12.3. The van der Waals surface area contributed by atoms with Crippen molar-refractivity contribution in [2.24, 2.45) is 0 Å². The summed E-state index contributed by atoms with van der Waals surface area (Å²) < 4.78 is 5.43. The summed E-state index contributed by atoms with van der Waals surface area (Å²) in [7, 11) is 2.18. The van der Waals surface area contributed by atoms with Gasteiger partial charge in [0.05, 0.1) is 6.54 Å². The lowest BCUT2D eigenvalue weighted by Gasteiger charge is -2.23. The lowest BCUT2D eigenvalue weighted by molar-refractivity contribution is 0.0695. The summed E-state index contributed by atoms with van der Waals surface area (Å²) in [6, 6.07) is 2.34. The maximum Gasteiger partial charge on any atom is 0.339 e. The van der Waals surface area contributed by atoms with E-state index in [1.54, 1.807) is 13.0 Å². The van der Waals surface area contributed by atoms with Crippen LogP contribution in [0.1, 0.15) is 47.6 Å². The number of carbonyl (C=O) groups is 1. The molecule has 1 aromatic heterocycles. The van der Waals surface area contributed by atoms with E-state index in [0.29, 0.717) is 18.1 Å². The Kier molecular flexibility index (Phi) is 5.20. The Morgan fingerprint density at radius 2 is 2.20 bits per heavy atom. The molecule has 0 atom stereocenters. The number of hydrogen-bond donors (Lipinski definition) is 2. The first-order valence-corrected chi connectivity index (χ1v) is 7.31. The van der Waals surface area contributed by atoms with E-state index < -0.39 is 5.97 Å². The van der Waals surface area contributed by atoms with E-state index in [-0.39, 0.29) is 5.56 Å².